The minimum atomic E-state index is -0.824. The molecule has 0 radical (unpaired) electrons. The molecule has 0 saturated heterocycles. The third-order valence-electron chi connectivity index (χ3n) is 2.65. The molecular weight excluding hydrogens is 280 g/mol. The van der Waals surface area contributed by atoms with Crippen LogP contribution < -0.4 is 10.6 Å². The molecular formula is C13H15F2N5O. The average Bonchev–Trinajstić information content (AvgIpc) is 2.87. The van der Waals surface area contributed by atoms with E-state index in [1.165, 1.54) is 10.7 Å². The zero-order valence-corrected chi connectivity index (χ0v) is 11.4. The highest BCUT2D eigenvalue weighted by atomic mass is 19.1. The summed E-state index contributed by atoms with van der Waals surface area (Å²) in [4.78, 5) is 11.8. The quantitative estimate of drug-likeness (QED) is 0.843. The van der Waals surface area contributed by atoms with E-state index in [-0.39, 0.29) is 12.2 Å². The molecule has 2 N–H and O–H groups in total. The lowest BCUT2D eigenvalue weighted by Gasteiger charge is -2.06. The molecule has 0 aliphatic carbocycles. The first kappa shape index (κ1) is 15.0. The van der Waals surface area contributed by atoms with E-state index in [4.69, 9.17) is 0 Å². The molecule has 21 heavy (non-hydrogen) atoms. The number of halogens is 2. The van der Waals surface area contributed by atoms with E-state index in [2.05, 4.69) is 20.9 Å². The summed E-state index contributed by atoms with van der Waals surface area (Å²) < 4.78 is 27.5. The molecule has 2 rings (SSSR count). The fraction of sp³-hybridized carbons (Fsp3) is 0.308. The molecule has 2 aromatic rings. The molecule has 0 aliphatic rings. The molecule has 0 fully saturated rings. The summed E-state index contributed by atoms with van der Waals surface area (Å²) >= 11 is 0. The summed E-state index contributed by atoms with van der Waals surface area (Å²) in [5, 5.41) is 13.1. The van der Waals surface area contributed by atoms with Crippen LogP contribution >= 0.6 is 0 Å². The van der Waals surface area contributed by atoms with Crippen molar-refractivity contribution >= 4 is 11.6 Å². The minimum absolute atomic E-state index is 0.0746. The largest absolute Gasteiger partial charge is 0.322 e. The Morgan fingerprint density at radius 3 is 2.90 bits per heavy atom. The van der Waals surface area contributed by atoms with Crippen molar-refractivity contribution in [2.45, 2.75) is 20.0 Å². The smallest absolute Gasteiger partial charge is 0.246 e. The SMILES string of the molecule is CCNCc1cn(CC(=O)Nc2ccc(F)cc2F)nn1. The Morgan fingerprint density at radius 1 is 1.38 bits per heavy atom. The topological polar surface area (TPSA) is 71.8 Å². The van der Waals surface area contributed by atoms with Crippen LogP contribution in [0, 0.1) is 11.6 Å². The standard InChI is InChI=1S/C13H15F2N5O/c1-2-16-6-10-7-20(19-18-10)8-13(21)17-12-4-3-9(14)5-11(12)15/h3-5,7,16H,2,6,8H2,1H3,(H,17,21). The molecule has 1 heterocycles. The average molecular weight is 295 g/mol. The van der Waals surface area contributed by atoms with Gasteiger partial charge in [-0.1, -0.05) is 12.1 Å². The number of carbonyl (C=O) groups excluding carboxylic acids is 1. The van der Waals surface area contributed by atoms with E-state index in [9.17, 15) is 13.6 Å². The van der Waals surface area contributed by atoms with Crippen LogP contribution in [0.25, 0.3) is 0 Å². The van der Waals surface area contributed by atoms with E-state index in [0.29, 0.717) is 18.3 Å². The van der Waals surface area contributed by atoms with Gasteiger partial charge in [0.25, 0.3) is 0 Å². The summed E-state index contributed by atoms with van der Waals surface area (Å²) in [5.74, 6) is -2.00. The number of anilines is 1. The van der Waals surface area contributed by atoms with Crippen molar-refractivity contribution in [1.29, 1.82) is 0 Å². The van der Waals surface area contributed by atoms with Crippen LogP contribution in [0.2, 0.25) is 0 Å². The first-order valence-corrected chi connectivity index (χ1v) is 6.43. The van der Waals surface area contributed by atoms with Crippen LogP contribution in [0.5, 0.6) is 0 Å². The predicted molar refractivity (Wildman–Crippen MR) is 72.4 cm³/mol. The molecule has 1 amide bonds. The lowest BCUT2D eigenvalue weighted by molar-refractivity contribution is -0.116. The van der Waals surface area contributed by atoms with E-state index in [1.807, 2.05) is 6.92 Å². The zero-order valence-electron chi connectivity index (χ0n) is 11.4. The molecule has 0 saturated carbocycles. The maximum atomic E-state index is 13.4. The first-order chi connectivity index (χ1) is 10.1. The van der Waals surface area contributed by atoms with Crippen molar-refractivity contribution in [3.63, 3.8) is 0 Å². The van der Waals surface area contributed by atoms with Gasteiger partial charge in [0.15, 0.2) is 0 Å². The Balaban J connectivity index is 1.93. The first-order valence-electron chi connectivity index (χ1n) is 6.43. The van der Waals surface area contributed by atoms with Crippen LogP contribution in [-0.4, -0.2) is 27.4 Å². The lowest BCUT2D eigenvalue weighted by atomic mass is 10.3. The molecule has 112 valence electrons. The second-order valence-corrected chi connectivity index (χ2v) is 4.36. The molecule has 8 heteroatoms. The summed E-state index contributed by atoms with van der Waals surface area (Å²) in [6, 6.07) is 2.95. The van der Waals surface area contributed by atoms with Gasteiger partial charge in [0, 0.05) is 12.6 Å². The molecule has 0 spiro atoms. The molecule has 6 nitrogen and oxygen atoms in total. The second kappa shape index (κ2) is 6.89. The van der Waals surface area contributed by atoms with Gasteiger partial charge in [-0.3, -0.25) is 4.79 Å². The number of nitrogens with one attached hydrogen (secondary N) is 2. The third kappa shape index (κ3) is 4.32. The lowest BCUT2D eigenvalue weighted by Crippen LogP contribution is -2.20. The van der Waals surface area contributed by atoms with Crippen molar-refractivity contribution < 1.29 is 13.6 Å². The van der Waals surface area contributed by atoms with Gasteiger partial charge in [-0.2, -0.15) is 0 Å². The minimum Gasteiger partial charge on any atom is -0.322 e. The summed E-state index contributed by atoms with van der Waals surface area (Å²) in [6.07, 6.45) is 1.63. The van der Waals surface area contributed by atoms with Crippen molar-refractivity contribution in [1.82, 2.24) is 20.3 Å². The van der Waals surface area contributed by atoms with Gasteiger partial charge in [0.05, 0.1) is 17.6 Å². The van der Waals surface area contributed by atoms with E-state index in [1.54, 1.807) is 6.20 Å². The van der Waals surface area contributed by atoms with Crippen LogP contribution in [0.15, 0.2) is 24.4 Å². The Labute approximate surface area is 120 Å². The van der Waals surface area contributed by atoms with Crippen molar-refractivity contribution in [3.05, 3.63) is 41.7 Å². The maximum Gasteiger partial charge on any atom is 0.246 e. The Hall–Kier alpha value is -2.35. The van der Waals surface area contributed by atoms with Gasteiger partial charge >= 0.3 is 0 Å². The number of carbonyl (C=O) groups is 1. The van der Waals surface area contributed by atoms with Crippen molar-refractivity contribution in [3.8, 4) is 0 Å². The zero-order chi connectivity index (χ0) is 15.2. The number of rotatable bonds is 6. The fourth-order valence-corrected chi connectivity index (χ4v) is 1.68. The molecule has 0 bridgehead atoms. The van der Waals surface area contributed by atoms with E-state index < -0.39 is 17.5 Å². The van der Waals surface area contributed by atoms with Crippen LogP contribution in [0.3, 0.4) is 0 Å². The second-order valence-electron chi connectivity index (χ2n) is 4.36. The number of hydrogen-bond acceptors (Lipinski definition) is 4. The molecule has 0 aliphatic heterocycles. The van der Waals surface area contributed by atoms with Gasteiger partial charge in [-0.05, 0) is 18.7 Å². The van der Waals surface area contributed by atoms with Gasteiger partial charge in [-0.25, -0.2) is 13.5 Å². The van der Waals surface area contributed by atoms with Gasteiger partial charge in [0.2, 0.25) is 5.91 Å². The highest BCUT2D eigenvalue weighted by Crippen LogP contribution is 2.14. The van der Waals surface area contributed by atoms with Crippen molar-refractivity contribution in [2.24, 2.45) is 0 Å². The Bertz CT molecular complexity index is 629. The Morgan fingerprint density at radius 2 is 2.19 bits per heavy atom. The number of nitrogens with zero attached hydrogens (tertiary/aromatic N) is 3. The van der Waals surface area contributed by atoms with E-state index >= 15 is 0 Å². The van der Waals surface area contributed by atoms with Crippen LogP contribution in [0.4, 0.5) is 14.5 Å². The Kier molecular flexibility index (Phi) is 4.94. The number of benzene rings is 1. The fourth-order valence-electron chi connectivity index (χ4n) is 1.68. The third-order valence-corrected chi connectivity index (χ3v) is 2.65. The normalized spacial score (nSPS) is 10.6. The summed E-state index contributed by atoms with van der Waals surface area (Å²) in [6.45, 7) is 3.23. The van der Waals surface area contributed by atoms with Crippen LogP contribution in [0.1, 0.15) is 12.6 Å². The van der Waals surface area contributed by atoms with Crippen molar-refractivity contribution in [2.75, 3.05) is 11.9 Å². The monoisotopic (exact) mass is 295 g/mol. The number of aromatic nitrogens is 3. The van der Waals surface area contributed by atoms with E-state index in [0.717, 1.165) is 12.6 Å². The number of amides is 1. The van der Waals surface area contributed by atoms with Gasteiger partial charge < -0.3 is 10.6 Å². The maximum absolute atomic E-state index is 13.4. The van der Waals surface area contributed by atoms with Crippen LogP contribution in [-0.2, 0) is 17.9 Å². The summed E-state index contributed by atoms with van der Waals surface area (Å²) in [7, 11) is 0. The molecule has 1 aromatic heterocycles. The summed E-state index contributed by atoms with van der Waals surface area (Å²) in [5.41, 5.74) is 0.631. The molecule has 0 unspecified atom stereocenters. The molecule has 0 atom stereocenters. The predicted octanol–water partition coefficient (Wildman–Crippen LogP) is 1.30. The number of hydrogen-bond donors (Lipinski definition) is 2. The highest BCUT2D eigenvalue weighted by molar-refractivity contribution is 5.90. The highest BCUT2D eigenvalue weighted by Gasteiger charge is 2.10. The van der Waals surface area contributed by atoms with Gasteiger partial charge in [0.1, 0.15) is 18.2 Å². The van der Waals surface area contributed by atoms with Gasteiger partial charge in [-0.15, -0.1) is 5.10 Å². The molecule has 1 aromatic carbocycles.